The molecular formula is C15H20N2O. The minimum absolute atomic E-state index is 0.129. The van der Waals surface area contributed by atoms with Gasteiger partial charge < -0.3 is 5.32 Å². The van der Waals surface area contributed by atoms with E-state index in [1.165, 1.54) is 32.4 Å². The first-order valence-electron chi connectivity index (χ1n) is 6.85. The summed E-state index contributed by atoms with van der Waals surface area (Å²) >= 11 is 0. The maximum absolute atomic E-state index is 11.2. The molecule has 3 nitrogen and oxygen atoms in total. The van der Waals surface area contributed by atoms with Gasteiger partial charge in [0.2, 0.25) is 0 Å². The number of hydrogen-bond donors (Lipinski definition) is 1. The highest BCUT2D eigenvalue weighted by molar-refractivity contribution is 5.94. The van der Waals surface area contributed by atoms with Gasteiger partial charge >= 0.3 is 0 Å². The summed E-state index contributed by atoms with van der Waals surface area (Å²) in [5, 5.41) is 3.63. The van der Waals surface area contributed by atoms with Crippen LogP contribution in [-0.4, -0.2) is 35.9 Å². The monoisotopic (exact) mass is 244 g/mol. The molecule has 2 saturated heterocycles. The van der Waals surface area contributed by atoms with Crippen LogP contribution in [0.4, 0.5) is 5.69 Å². The van der Waals surface area contributed by atoms with Crippen LogP contribution in [0.2, 0.25) is 0 Å². The van der Waals surface area contributed by atoms with Crippen LogP contribution in [0.15, 0.2) is 24.3 Å². The third-order valence-electron chi connectivity index (χ3n) is 4.25. The highest BCUT2D eigenvalue weighted by atomic mass is 16.1. The van der Waals surface area contributed by atoms with Gasteiger partial charge in [0.25, 0.3) is 0 Å². The van der Waals surface area contributed by atoms with E-state index in [0.29, 0.717) is 6.04 Å². The fraction of sp³-hybridized carbons (Fsp3) is 0.533. The van der Waals surface area contributed by atoms with Gasteiger partial charge in [0.05, 0.1) is 0 Å². The van der Waals surface area contributed by atoms with Gasteiger partial charge in [-0.05, 0) is 57.0 Å². The quantitative estimate of drug-likeness (QED) is 0.829. The molecule has 1 N–H and O–H groups in total. The number of nitrogens with one attached hydrogen (secondary N) is 1. The van der Waals surface area contributed by atoms with Crippen molar-refractivity contribution in [2.45, 2.75) is 38.3 Å². The average Bonchev–Trinajstić information content (AvgIpc) is 2.95. The molecule has 0 aliphatic carbocycles. The van der Waals surface area contributed by atoms with Crippen molar-refractivity contribution in [2.24, 2.45) is 0 Å². The molecule has 1 aromatic rings. The zero-order chi connectivity index (χ0) is 12.5. The number of rotatable bonds is 3. The topological polar surface area (TPSA) is 32.3 Å². The van der Waals surface area contributed by atoms with Crippen LogP contribution in [0.5, 0.6) is 0 Å². The molecule has 96 valence electrons. The third kappa shape index (κ3) is 2.15. The average molecular weight is 244 g/mol. The predicted octanol–water partition coefficient (Wildman–Crippen LogP) is 2.54. The molecule has 2 aliphatic heterocycles. The molecule has 0 aromatic heterocycles. The summed E-state index contributed by atoms with van der Waals surface area (Å²) in [6.07, 6.45) is 3.90. The molecule has 0 bridgehead atoms. The normalized spacial score (nSPS) is 27.2. The Labute approximate surface area is 108 Å². The molecule has 2 unspecified atom stereocenters. The summed E-state index contributed by atoms with van der Waals surface area (Å²) in [4.78, 5) is 13.8. The Morgan fingerprint density at radius 2 is 2.00 bits per heavy atom. The minimum Gasteiger partial charge on any atom is -0.381 e. The van der Waals surface area contributed by atoms with Gasteiger partial charge in [0.15, 0.2) is 5.78 Å². The molecule has 0 spiro atoms. The van der Waals surface area contributed by atoms with Crippen molar-refractivity contribution in [3.63, 3.8) is 0 Å². The summed E-state index contributed by atoms with van der Waals surface area (Å²) in [6, 6.07) is 9.16. The van der Waals surface area contributed by atoms with Crippen LogP contribution in [0.1, 0.15) is 36.5 Å². The number of anilines is 1. The molecule has 3 rings (SSSR count). The van der Waals surface area contributed by atoms with Crippen LogP contribution in [0.3, 0.4) is 0 Å². The fourth-order valence-corrected chi connectivity index (χ4v) is 3.27. The van der Waals surface area contributed by atoms with E-state index < -0.39 is 0 Å². The summed E-state index contributed by atoms with van der Waals surface area (Å²) < 4.78 is 0. The first-order chi connectivity index (χ1) is 8.74. The number of carbonyl (C=O) groups is 1. The van der Waals surface area contributed by atoms with Gasteiger partial charge in [0, 0.05) is 29.9 Å². The van der Waals surface area contributed by atoms with E-state index in [4.69, 9.17) is 0 Å². The highest BCUT2D eigenvalue weighted by Crippen LogP contribution is 2.30. The second-order valence-corrected chi connectivity index (χ2v) is 5.42. The van der Waals surface area contributed by atoms with Crippen LogP contribution in [0.25, 0.3) is 0 Å². The van der Waals surface area contributed by atoms with Gasteiger partial charge in [-0.3, -0.25) is 9.69 Å². The number of Topliss-reactive ketones (excluding diaryl/α,β-unsaturated/α-hetero) is 1. The van der Waals surface area contributed by atoms with Gasteiger partial charge in [-0.25, -0.2) is 0 Å². The lowest BCUT2D eigenvalue weighted by Crippen LogP contribution is -2.33. The fourth-order valence-electron chi connectivity index (χ4n) is 3.27. The Morgan fingerprint density at radius 3 is 2.72 bits per heavy atom. The maximum atomic E-state index is 11.2. The molecule has 0 amide bonds. The summed E-state index contributed by atoms with van der Waals surface area (Å²) in [5.41, 5.74) is 1.92. The second-order valence-electron chi connectivity index (χ2n) is 5.42. The van der Waals surface area contributed by atoms with Crippen molar-refractivity contribution < 1.29 is 4.79 Å². The summed E-state index contributed by atoms with van der Waals surface area (Å²) in [6.45, 7) is 4.11. The van der Waals surface area contributed by atoms with E-state index in [9.17, 15) is 4.79 Å². The lowest BCUT2D eigenvalue weighted by Gasteiger charge is -2.22. The Hall–Kier alpha value is -1.35. The van der Waals surface area contributed by atoms with Crippen LogP contribution < -0.4 is 5.32 Å². The predicted molar refractivity (Wildman–Crippen MR) is 73.1 cm³/mol. The lowest BCUT2D eigenvalue weighted by atomic mass is 10.1. The van der Waals surface area contributed by atoms with Crippen molar-refractivity contribution in [3.8, 4) is 0 Å². The van der Waals surface area contributed by atoms with E-state index in [-0.39, 0.29) is 5.78 Å². The van der Waals surface area contributed by atoms with Gasteiger partial charge in [-0.15, -0.1) is 0 Å². The SMILES string of the molecule is CC(=O)c1ccc(NC2CCN3CCCC23)cc1. The molecule has 18 heavy (non-hydrogen) atoms. The first-order valence-corrected chi connectivity index (χ1v) is 6.85. The molecular weight excluding hydrogens is 224 g/mol. The number of fused-ring (bicyclic) bond motifs is 1. The number of hydrogen-bond acceptors (Lipinski definition) is 3. The van der Waals surface area contributed by atoms with E-state index in [1.54, 1.807) is 6.92 Å². The zero-order valence-corrected chi connectivity index (χ0v) is 10.9. The Bertz CT molecular complexity index is 440. The van der Waals surface area contributed by atoms with E-state index in [0.717, 1.165) is 17.3 Å². The number of ketones is 1. The molecule has 2 atom stereocenters. The van der Waals surface area contributed by atoms with Crippen LogP contribution in [0, 0.1) is 0 Å². The standard InChI is InChI=1S/C15H20N2O/c1-11(18)12-4-6-13(7-5-12)16-14-8-10-17-9-2-3-15(14)17/h4-7,14-16H,2-3,8-10H2,1H3. The van der Waals surface area contributed by atoms with Crippen LogP contribution >= 0.6 is 0 Å². The third-order valence-corrected chi connectivity index (χ3v) is 4.25. The molecule has 2 fully saturated rings. The number of benzene rings is 1. The largest absolute Gasteiger partial charge is 0.381 e. The molecule has 2 heterocycles. The Balaban J connectivity index is 1.67. The molecule has 1 aromatic carbocycles. The maximum Gasteiger partial charge on any atom is 0.159 e. The number of nitrogens with zero attached hydrogens (tertiary/aromatic N) is 1. The number of carbonyl (C=O) groups excluding carboxylic acids is 1. The van der Waals surface area contributed by atoms with Gasteiger partial charge in [0.1, 0.15) is 0 Å². The summed E-state index contributed by atoms with van der Waals surface area (Å²) in [7, 11) is 0. The van der Waals surface area contributed by atoms with E-state index in [1.807, 2.05) is 24.3 Å². The van der Waals surface area contributed by atoms with Crippen molar-refractivity contribution in [1.82, 2.24) is 4.90 Å². The van der Waals surface area contributed by atoms with Crippen molar-refractivity contribution in [3.05, 3.63) is 29.8 Å². The Kier molecular flexibility index (Phi) is 3.08. The molecule has 0 saturated carbocycles. The Morgan fingerprint density at radius 1 is 1.22 bits per heavy atom. The van der Waals surface area contributed by atoms with Gasteiger partial charge in [-0.1, -0.05) is 0 Å². The van der Waals surface area contributed by atoms with Crippen molar-refractivity contribution in [2.75, 3.05) is 18.4 Å². The van der Waals surface area contributed by atoms with E-state index in [2.05, 4.69) is 10.2 Å². The zero-order valence-electron chi connectivity index (χ0n) is 10.9. The van der Waals surface area contributed by atoms with E-state index >= 15 is 0 Å². The lowest BCUT2D eigenvalue weighted by molar-refractivity contribution is 0.101. The van der Waals surface area contributed by atoms with Gasteiger partial charge in [-0.2, -0.15) is 0 Å². The highest BCUT2D eigenvalue weighted by Gasteiger charge is 2.36. The smallest absolute Gasteiger partial charge is 0.159 e. The van der Waals surface area contributed by atoms with Crippen molar-refractivity contribution >= 4 is 11.5 Å². The molecule has 2 aliphatic rings. The molecule has 0 radical (unpaired) electrons. The molecule has 3 heteroatoms. The van der Waals surface area contributed by atoms with Crippen molar-refractivity contribution in [1.29, 1.82) is 0 Å². The minimum atomic E-state index is 0.129. The first kappa shape index (κ1) is 11.7. The summed E-state index contributed by atoms with van der Waals surface area (Å²) in [5.74, 6) is 0.129. The van der Waals surface area contributed by atoms with Crippen LogP contribution in [-0.2, 0) is 0 Å². The second kappa shape index (κ2) is 4.73.